The summed E-state index contributed by atoms with van der Waals surface area (Å²) in [6, 6.07) is 0. The SMILES string of the molecule is CC(=O)OC[C@@H]1C(=O)[C@@H](C(C)C)CC[C@H]1C. The molecule has 0 aliphatic heterocycles. The summed E-state index contributed by atoms with van der Waals surface area (Å²) in [6.45, 7) is 7.89. The fourth-order valence-electron chi connectivity index (χ4n) is 2.46. The minimum atomic E-state index is -0.299. The van der Waals surface area contributed by atoms with E-state index < -0.39 is 0 Å². The maximum atomic E-state index is 12.2. The summed E-state index contributed by atoms with van der Waals surface area (Å²) in [4.78, 5) is 23.0. The van der Waals surface area contributed by atoms with E-state index in [1.54, 1.807) is 0 Å². The van der Waals surface area contributed by atoms with Gasteiger partial charge in [-0.3, -0.25) is 9.59 Å². The van der Waals surface area contributed by atoms with Crippen LogP contribution in [0.15, 0.2) is 0 Å². The number of carbonyl (C=O) groups excluding carboxylic acids is 2. The highest BCUT2D eigenvalue weighted by atomic mass is 16.5. The van der Waals surface area contributed by atoms with Crippen LogP contribution in [-0.4, -0.2) is 18.4 Å². The minimum Gasteiger partial charge on any atom is -0.465 e. The molecule has 16 heavy (non-hydrogen) atoms. The van der Waals surface area contributed by atoms with Crippen molar-refractivity contribution in [1.29, 1.82) is 0 Å². The van der Waals surface area contributed by atoms with Crippen molar-refractivity contribution in [2.24, 2.45) is 23.7 Å². The van der Waals surface area contributed by atoms with Crippen molar-refractivity contribution >= 4 is 11.8 Å². The lowest BCUT2D eigenvalue weighted by Crippen LogP contribution is -2.39. The Morgan fingerprint density at radius 3 is 2.56 bits per heavy atom. The molecule has 0 amide bonds. The Kier molecular flexibility index (Phi) is 4.51. The molecule has 3 nitrogen and oxygen atoms in total. The predicted octanol–water partition coefficient (Wildman–Crippen LogP) is 2.44. The Balaban J connectivity index is 2.64. The number of rotatable bonds is 3. The standard InChI is InChI=1S/C13H22O3/c1-8(2)11-6-5-9(3)12(13(11)15)7-16-10(4)14/h8-9,11-12H,5-7H2,1-4H3/t9-,11-,12+/m1/s1. The number of hydrogen-bond donors (Lipinski definition) is 0. The van der Waals surface area contributed by atoms with E-state index in [-0.39, 0.29) is 30.2 Å². The zero-order valence-corrected chi connectivity index (χ0v) is 10.7. The number of ketones is 1. The third-order valence-electron chi connectivity index (χ3n) is 3.62. The zero-order chi connectivity index (χ0) is 12.3. The number of Topliss-reactive ketones (excluding diaryl/α,β-unsaturated/α-hetero) is 1. The summed E-state index contributed by atoms with van der Waals surface area (Å²) < 4.78 is 4.99. The van der Waals surface area contributed by atoms with Gasteiger partial charge in [0.05, 0.1) is 5.92 Å². The zero-order valence-electron chi connectivity index (χ0n) is 10.7. The molecule has 3 atom stereocenters. The highest BCUT2D eigenvalue weighted by Crippen LogP contribution is 2.34. The second-order valence-electron chi connectivity index (χ2n) is 5.22. The Hall–Kier alpha value is -0.860. The first-order valence-corrected chi connectivity index (χ1v) is 6.10. The highest BCUT2D eigenvalue weighted by Gasteiger charge is 2.37. The molecule has 0 unspecified atom stereocenters. The molecule has 1 rings (SSSR count). The maximum absolute atomic E-state index is 12.2. The molecule has 0 bridgehead atoms. The van der Waals surface area contributed by atoms with E-state index >= 15 is 0 Å². The van der Waals surface area contributed by atoms with Crippen LogP contribution >= 0.6 is 0 Å². The third-order valence-corrected chi connectivity index (χ3v) is 3.62. The number of carbonyl (C=O) groups is 2. The fraction of sp³-hybridized carbons (Fsp3) is 0.846. The van der Waals surface area contributed by atoms with Gasteiger partial charge in [0.1, 0.15) is 12.4 Å². The molecular weight excluding hydrogens is 204 g/mol. The van der Waals surface area contributed by atoms with Gasteiger partial charge in [-0.05, 0) is 24.7 Å². The number of ether oxygens (including phenoxy) is 1. The van der Waals surface area contributed by atoms with E-state index in [4.69, 9.17) is 4.74 Å². The van der Waals surface area contributed by atoms with E-state index in [1.807, 2.05) is 0 Å². The van der Waals surface area contributed by atoms with Crippen molar-refractivity contribution in [3.8, 4) is 0 Å². The molecule has 3 heteroatoms. The average molecular weight is 226 g/mol. The predicted molar refractivity (Wildman–Crippen MR) is 61.9 cm³/mol. The van der Waals surface area contributed by atoms with Gasteiger partial charge in [0, 0.05) is 12.8 Å². The van der Waals surface area contributed by atoms with Gasteiger partial charge < -0.3 is 4.74 Å². The largest absolute Gasteiger partial charge is 0.465 e. The second-order valence-corrected chi connectivity index (χ2v) is 5.22. The van der Waals surface area contributed by atoms with E-state index in [9.17, 15) is 9.59 Å². The van der Waals surface area contributed by atoms with E-state index in [0.29, 0.717) is 11.8 Å². The van der Waals surface area contributed by atoms with Crippen LogP contribution in [0, 0.1) is 23.7 Å². The molecule has 0 aromatic carbocycles. The summed E-state index contributed by atoms with van der Waals surface area (Å²) >= 11 is 0. The summed E-state index contributed by atoms with van der Waals surface area (Å²) in [5, 5.41) is 0. The topological polar surface area (TPSA) is 43.4 Å². The van der Waals surface area contributed by atoms with E-state index in [2.05, 4.69) is 20.8 Å². The Morgan fingerprint density at radius 1 is 1.44 bits per heavy atom. The summed E-state index contributed by atoms with van der Waals surface area (Å²) in [6.07, 6.45) is 2.04. The van der Waals surface area contributed by atoms with Crippen LogP contribution in [0.1, 0.15) is 40.5 Å². The highest BCUT2D eigenvalue weighted by molar-refractivity contribution is 5.85. The van der Waals surface area contributed by atoms with Crippen LogP contribution in [0.3, 0.4) is 0 Å². The van der Waals surface area contributed by atoms with E-state index in [0.717, 1.165) is 12.8 Å². The van der Waals surface area contributed by atoms with Crippen molar-refractivity contribution in [3.05, 3.63) is 0 Å². The Labute approximate surface area is 97.5 Å². The van der Waals surface area contributed by atoms with Crippen LogP contribution in [0.2, 0.25) is 0 Å². The first kappa shape index (κ1) is 13.2. The van der Waals surface area contributed by atoms with Crippen molar-refractivity contribution in [1.82, 2.24) is 0 Å². The van der Waals surface area contributed by atoms with Crippen molar-refractivity contribution in [2.75, 3.05) is 6.61 Å². The van der Waals surface area contributed by atoms with Gasteiger partial charge in [-0.1, -0.05) is 20.8 Å². The number of hydrogen-bond acceptors (Lipinski definition) is 3. The van der Waals surface area contributed by atoms with Gasteiger partial charge in [0.15, 0.2) is 0 Å². The molecule has 1 aliphatic rings. The van der Waals surface area contributed by atoms with Gasteiger partial charge >= 0.3 is 5.97 Å². The monoisotopic (exact) mass is 226 g/mol. The summed E-state index contributed by atoms with van der Waals surface area (Å²) in [5.74, 6) is 0.769. The average Bonchev–Trinajstić information content (AvgIpc) is 2.16. The third kappa shape index (κ3) is 3.06. The molecular formula is C13H22O3. The van der Waals surface area contributed by atoms with Gasteiger partial charge in [-0.25, -0.2) is 0 Å². The van der Waals surface area contributed by atoms with Gasteiger partial charge in [-0.2, -0.15) is 0 Å². The molecule has 0 saturated heterocycles. The van der Waals surface area contributed by atoms with Crippen molar-refractivity contribution < 1.29 is 14.3 Å². The molecule has 1 saturated carbocycles. The quantitative estimate of drug-likeness (QED) is 0.694. The maximum Gasteiger partial charge on any atom is 0.302 e. The lowest BCUT2D eigenvalue weighted by molar-refractivity contribution is -0.147. The summed E-state index contributed by atoms with van der Waals surface area (Å²) in [5.41, 5.74) is 0. The van der Waals surface area contributed by atoms with Crippen LogP contribution in [0.4, 0.5) is 0 Å². The van der Waals surface area contributed by atoms with Crippen LogP contribution in [0.25, 0.3) is 0 Å². The molecule has 0 spiro atoms. The normalized spacial score (nSPS) is 30.6. The Morgan fingerprint density at radius 2 is 2.06 bits per heavy atom. The molecule has 0 N–H and O–H groups in total. The second kappa shape index (κ2) is 5.46. The summed E-state index contributed by atoms with van der Waals surface area (Å²) in [7, 11) is 0. The molecule has 1 aliphatic carbocycles. The molecule has 0 aromatic rings. The molecule has 1 fully saturated rings. The smallest absolute Gasteiger partial charge is 0.302 e. The molecule has 0 heterocycles. The van der Waals surface area contributed by atoms with Crippen LogP contribution in [0.5, 0.6) is 0 Å². The van der Waals surface area contributed by atoms with Crippen LogP contribution in [-0.2, 0) is 14.3 Å². The number of esters is 1. The van der Waals surface area contributed by atoms with Crippen LogP contribution < -0.4 is 0 Å². The molecule has 0 radical (unpaired) electrons. The van der Waals surface area contributed by atoms with E-state index in [1.165, 1.54) is 6.92 Å². The van der Waals surface area contributed by atoms with Gasteiger partial charge in [0.2, 0.25) is 0 Å². The lowest BCUT2D eigenvalue weighted by Gasteiger charge is -2.34. The van der Waals surface area contributed by atoms with Gasteiger partial charge in [0.25, 0.3) is 0 Å². The first-order valence-electron chi connectivity index (χ1n) is 6.10. The fourth-order valence-corrected chi connectivity index (χ4v) is 2.46. The molecule has 0 aromatic heterocycles. The van der Waals surface area contributed by atoms with Crippen molar-refractivity contribution in [2.45, 2.75) is 40.5 Å². The Bertz CT molecular complexity index is 270. The lowest BCUT2D eigenvalue weighted by atomic mass is 9.70. The van der Waals surface area contributed by atoms with Crippen molar-refractivity contribution in [3.63, 3.8) is 0 Å². The minimum absolute atomic E-state index is 0.0925. The van der Waals surface area contributed by atoms with Gasteiger partial charge in [-0.15, -0.1) is 0 Å². The first-order chi connectivity index (χ1) is 7.43. The molecule has 92 valence electrons.